The number of halogens is 2. The summed E-state index contributed by atoms with van der Waals surface area (Å²) in [5.41, 5.74) is 1.78. The molecule has 25 heavy (non-hydrogen) atoms. The highest BCUT2D eigenvalue weighted by Gasteiger charge is 2.52. The lowest BCUT2D eigenvalue weighted by atomic mass is 9.48. The molecule has 1 aromatic rings. The van der Waals surface area contributed by atoms with E-state index >= 15 is 0 Å². The number of hydrogen-bond acceptors (Lipinski definition) is 2. The summed E-state index contributed by atoms with van der Waals surface area (Å²) in [6.07, 6.45) is 8.89. The van der Waals surface area contributed by atoms with Gasteiger partial charge in [0.1, 0.15) is 5.75 Å². The van der Waals surface area contributed by atoms with Crippen molar-refractivity contribution in [3.8, 4) is 5.75 Å². The van der Waals surface area contributed by atoms with Gasteiger partial charge in [0, 0.05) is 22.6 Å². The van der Waals surface area contributed by atoms with Crippen molar-refractivity contribution >= 4 is 31.9 Å². The second-order valence-corrected chi connectivity index (χ2v) is 10.5. The molecule has 4 fully saturated rings. The molecule has 0 heterocycles. The monoisotopic (exact) mass is 469 g/mol. The number of rotatable bonds is 6. The molecule has 1 aromatic carbocycles. The van der Waals surface area contributed by atoms with E-state index in [1.165, 1.54) is 44.1 Å². The van der Waals surface area contributed by atoms with Gasteiger partial charge >= 0.3 is 0 Å². The normalized spacial score (nSPS) is 34.3. The lowest BCUT2D eigenvalue weighted by Crippen LogP contribution is -2.54. The van der Waals surface area contributed by atoms with Crippen LogP contribution in [0.15, 0.2) is 21.1 Å². The van der Waals surface area contributed by atoms with Crippen LogP contribution in [0.3, 0.4) is 0 Å². The van der Waals surface area contributed by atoms with Gasteiger partial charge in [-0.15, -0.1) is 0 Å². The Morgan fingerprint density at radius 3 is 2.28 bits per heavy atom. The average molecular weight is 471 g/mol. The van der Waals surface area contributed by atoms with Gasteiger partial charge in [0.05, 0.1) is 11.1 Å². The Bertz CT molecular complexity index is 610. The fourth-order valence-electron chi connectivity index (χ4n) is 6.24. The van der Waals surface area contributed by atoms with Crippen molar-refractivity contribution in [1.82, 2.24) is 5.32 Å². The second-order valence-electron chi connectivity index (χ2n) is 8.69. The minimum absolute atomic E-state index is 0.545. The molecule has 1 N–H and O–H groups in total. The lowest BCUT2D eigenvalue weighted by Gasteiger charge is -2.59. The molecular formula is C21H29Br2NO. The van der Waals surface area contributed by atoms with Gasteiger partial charge in [-0.05, 0) is 104 Å². The molecule has 0 unspecified atom stereocenters. The van der Waals surface area contributed by atoms with E-state index in [1.54, 1.807) is 0 Å². The first-order valence-corrected chi connectivity index (χ1v) is 11.4. The highest BCUT2D eigenvalue weighted by atomic mass is 79.9. The van der Waals surface area contributed by atoms with Gasteiger partial charge in [-0.1, -0.05) is 15.9 Å². The first kappa shape index (κ1) is 18.3. The molecule has 0 amide bonds. The molecule has 4 bridgehead atoms. The Balaban J connectivity index is 1.48. The van der Waals surface area contributed by atoms with E-state index < -0.39 is 0 Å². The summed E-state index contributed by atoms with van der Waals surface area (Å²) in [6, 6.07) is 4.83. The van der Waals surface area contributed by atoms with Crippen molar-refractivity contribution in [2.75, 3.05) is 6.61 Å². The van der Waals surface area contributed by atoms with E-state index in [-0.39, 0.29) is 0 Å². The molecule has 0 aromatic heterocycles. The van der Waals surface area contributed by atoms with Crippen LogP contribution in [0.5, 0.6) is 5.75 Å². The fourth-order valence-corrected chi connectivity index (χ4v) is 7.67. The third-order valence-electron chi connectivity index (χ3n) is 6.98. The van der Waals surface area contributed by atoms with Gasteiger partial charge in [-0.25, -0.2) is 0 Å². The van der Waals surface area contributed by atoms with Gasteiger partial charge in [0.25, 0.3) is 0 Å². The second kappa shape index (κ2) is 7.16. The Hall–Kier alpha value is -0.0600. The predicted molar refractivity (Wildman–Crippen MR) is 110 cm³/mol. The van der Waals surface area contributed by atoms with Crippen LogP contribution in [0.4, 0.5) is 0 Å². The molecule has 4 aliphatic carbocycles. The maximum Gasteiger partial charge on any atom is 0.138 e. The zero-order chi connectivity index (χ0) is 17.6. The summed E-state index contributed by atoms with van der Waals surface area (Å²) in [5.74, 6) is 4.01. The van der Waals surface area contributed by atoms with Crippen molar-refractivity contribution in [3.05, 3.63) is 26.6 Å². The van der Waals surface area contributed by atoms with Gasteiger partial charge < -0.3 is 10.1 Å². The highest BCUT2D eigenvalue weighted by molar-refractivity contribution is 9.11. The Morgan fingerprint density at radius 1 is 1.12 bits per heavy atom. The maximum absolute atomic E-state index is 5.90. The molecule has 138 valence electrons. The van der Waals surface area contributed by atoms with E-state index in [4.69, 9.17) is 4.74 Å². The smallest absolute Gasteiger partial charge is 0.138 e. The van der Waals surface area contributed by atoms with Crippen LogP contribution in [-0.2, 0) is 6.54 Å². The summed E-state index contributed by atoms with van der Waals surface area (Å²) < 4.78 is 8.03. The zero-order valence-electron chi connectivity index (χ0n) is 15.3. The van der Waals surface area contributed by atoms with Crippen LogP contribution in [0.25, 0.3) is 0 Å². The largest absolute Gasteiger partial charge is 0.492 e. The van der Waals surface area contributed by atoms with Crippen molar-refractivity contribution in [2.45, 2.75) is 65.0 Å². The lowest BCUT2D eigenvalue weighted by molar-refractivity contribution is -0.0706. The van der Waals surface area contributed by atoms with Crippen LogP contribution >= 0.6 is 31.9 Å². The number of ether oxygens (including phenoxy) is 1. The van der Waals surface area contributed by atoms with Crippen molar-refractivity contribution in [3.63, 3.8) is 0 Å². The van der Waals surface area contributed by atoms with Crippen molar-refractivity contribution < 1.29 is 4.74 Å². The summed E-state index contributed by atoms with van der Waals surface area (Å²) in [4.78, 5) is 0. The molecule has 5 rings (SSSR count). The molecule has 4 heteroatoms. The van der Waals surface area contributed by atoms with E-state index in [1.807, 2.05) is 6.92 Å². The molecule has 0 radical (unpaired) electrons. The van der Waals surface area contributed by atoms with Crippen LogP contribution in [-0.4, -0.2) is 12.6 Å². The van der Waals surface area contributed by atoms with E-state index in [2.05, 4.69) is 56.2 Å². The summed E-state index contributed by atoms with van der Waals surface area (Å²) in [7, 11) is 0. The first-order valence-electron chi connectivity index (χ1n) is 9.83. The molecule has 0 spiro atoms. The number of hydrogen-bond donors (Lipinski definition) is 1. The summed E-state index contributed by atoms with van der Waals surface area (Å²) in [5, 5.41) is 3.89. The zero-order valence-corrected chi connectivity index (χ0v) is 18.5. The standard InChI is InChI=1S/C21H29Br2NO/c1-3-25-20-17(7-18(22)8-19(20)23)12-24-13(2)21-9-14-4-15(10-21)6-16(5-14)11-21/h7-8,13-16,24H,3-6,9-12H2,1-2H3/t13-,14?,15?,16?,21?/m0/s1. The minimum Gasteiger partial charge on any atom is -0.492 e. The van der Waals surface area contributed by atoms with Crippen LogP contribution in [0.2, 0.25) is 0 Å². The Kier molecular flexibility index (Phi) is 5.25. The fraction of sp³-hybridized carbons (Fsp3) is 0.714. The quantitative estimate of drug-likeness (QED) is 0.526. The highest BCUT2D eigenvalue weighted by Crippen LogP contribution is 2.61. The number of nitrogens with one attached hydrogen (secondary N) is 1. The third-order valence-corrected chi connectivity index (χ3v) is 8.02. The molecule has 4 aliphatic rings. The van der Waals surface area contributed by atoms with E-state index in [9.17, 15) is 0 Å². The Morgan fingerprint density at radius 2 is 1.72 bits per heavy atom. The SMILES string of the molecule is CCOc1c(Br)cc(Br)cc1CN[C@@H](C)C12CC3CC(CC(C3)C1)C2. The topological polar surface area (TPSA) is 21.3 Å². The molecule has 4 saturated carbocycles. The minimum atomic E-state index is 0.545. The van der Waals surface area contributed by atoms with Crippen LogP contribution in [0, 0.1) is 23.2 Å². The van der Waals surface area contributed by atoms with Crippen LogP contribution in [0.1, 0.15) is 57.9 Å². The number of benzene rings is 1. The average Bonchev–Trinajstić information content (AvgIpc) is 2.54. The predicted octanol–water partition coefficient (Wildman–Crippen LogP) is 6.30. The van der Waals surface area contributed by atoms with Gasteiger partial charge in [0.15, 0.2) is 0 Å². The molecule has 2 nitrogen and oxygen atoms in total. The van der Waals surface area contributed by atoms with Crippen molar-refractivity contribution in [1.29, 1.82) is 0 Å². The van der Waals surface area contributed by atoms with E-state index in [0.29, 0.717) is 18.1 Å². The van der Waals surface area contributed by atoms with Gasteiger partial charge in [-0.2, -0.15) is 0 Å². The first-order chi connectivity index (χ1) is 12.0. The van der Waals surface area contributed by atoms with Gasteiger partial charge in [-0.3, -0.25) is 0 Å². The molecule has 0 aliphatic heterocycles. The van der Waals surface area contributed by atoms with Crippen molar-refractivity contribution in [2.24, 2.45) is 23.2 Å². The van der Waals surface area contributed by atoms with Crippen LogP contribution < -0.4 is 10.1 Å². The molecule has 0 saturated heterocycles. The summed E-state index contributed by atoms with van der Waals surface area (Å²) in [6.45, 7) is 6.04. The molecular weight excluding hydrogens is 442 g/mol. The Labute approximate surface area is 168 Å². The third kappa shape index (κ3) is 3.55. The van der Waals surface area contributed by atoms with E-state index in [0.717, 1.165) is 39.0 Å². The van der Waals surface area contributed by atoms with Gasteiger partial charge in [0.2, 0.25) is 0 Å². The molecule has 1 atom stereocenters. The maximum atomic E-state index is 5.90. The summed E-state index contributed by atoms with van der Waals surface area (Å²) >= 11 is 7.28.